The first kappa shape index (κ1) is 11.2. The van der Waals surface area contributed by atoms with Crippen LogP contribution in [0.15, 0.2) is 30.8 Å². The van der Waals surface area contributed by atoms with Gasteiger partial charge in [-0.1, -0.05) is 36.9 Å². The Bertz CT molecular complexity index is 373. The van der Waals surface area contributed by atoms with Crippen LogP contribution < -0.4 is 0 Å². The first-order valence-corrected chi connectivity index (χ1v) is 5.92. The minimum absolute atomic E-state index is 0.0329. The summed E-state index contributed by atoms with van der Waals surface area (Å²) in [6.07, 6.45) is 1.73. The van der Waals surface area contributed by atoms with Crippen LogP contribution in [-0.4, -0.2) is 12.0 Å². The zero-order chi connectivity index (χ0) is 10.6. The van der Waals surface area contributed by atoms with Crippen molar-refractivity contribution in [3.8, 4) is 0 Å². The van der Waals surface area contributed by atoms with Crippen LogP contribution in [0.5, 0.6) is 0 Å². The zero-order valence-corrected chi connectivity index (χ0v) is 8.91. The lowest BCUT2D eigenvalue weighted by atomic mass is 10.1. The van der Waals surface area contributed by atoms with Crippen molar-refractivity contribution in [3.63, 3.8) is 0 Å². The van der Waals surface area contributed by atoms with Crippen molar-refractivity contribution < 1.29 is 14.0 Å². The van der Waals surface area contributed by atoms with E-state index in [9.17, 15) is 9.46 Å². The maximum Gasteiger partial charge on any atom is 0.332 e. The van der Waals surface area contributed by atoms with Gasteiger partial charge >= 0.3 is 7.60 Å². The molecule has 1 N–H and O–H groups in total. The van der Waals surface area contributed by atoms with Crippen LogP contribution in [0.25, 0.3) is 6.08 Å². The van der Waals surface area contributed by atoms with E-state index in [1.165, 1.54) is 7.11 Å². The maximum absolute atomic E-state index is 11.3. The van der Waals surface area contributed by atoms with Gasteiger partial charge in [0.2, 0.25) is 0 Å². The molecule has 1 rings (SSSR count). The average molecular weight is 212 g/mol. The molecule has 1 aromatic rings. The van der Waals surface area contributed by atoms with Crippen LogP contribution in [0.2, 0.25) is 0 Å². The Morgan fingerprint density at radius 1 is 1.64 bits per heavy atom. The third kappa shape index (κ3) is 3.11. The summed E-state index contributed by atoms with van der Waals surface area (Å²) >= 11 is 0. The van der Waals surface area contributed by atoms with Gasteiger partial charge in [0.25, 0.3) is 0 Å². The SMILES string of the molecule is C=Cc1cccc(CP(=O)(O)OC)c1. The molecule has 0 spiro atoms. The van der Waals surface area contributed by atoms with Gasteiger partial charge in [-0.25, -0.2) is 0 Å². The normalized spacial score (nSPS) is 14.7. The second-order valence-corrected chi connectivity index (χ2v) is 4.88. The number of hydrogen-bond donors (Lipinski definition) is 1. The van der Waals surface area contributed by atoms with Crippen molar-refractivity contribution in [2.75, 3.05) is 7.11 Å². The van der Waals surface area contributed by atoms with E-state index in [0.717, 1.165) is 11.1 Å². The highest BCUT2D eigenvalue weighted by Gasteiger charge is 2.17. The number of hydrogen-bond acceptors (Lipinski definition) is 2. The molecule has 1 atom stereocenters. The highest BCUT2D eigenvalue weighted by molar-refractivity contribution is 7.51. The summed E-state index contributed by atoms with van der Waals surface area (Å²) in [5.41, 5.74) is 1.70. The monoisotopic (exact) mass is 212 g/mol. The Morgan fingerprint density at radius 2 is 2.36 bits per heavy atom. The highest BCUT2D eigenvalue weighted by Crippen LogP contribution is 2.44. The predicted octanol–water partition coefficient (Wildman–Crippen LogP) is 2.66. The number of benzene rings is 1. The fourth-order valence-electron chi connectivity index (χ4n) is 1.11. The minimum atomic E-state index is -3.46. The fraction of sp³-hybridized carbons (Fsp3) is 0.200. The van der Waals surface area contributed by atoms with Crippen molar-refractivity contribution >= 4 is 13.7 Å². The van der Waals surface area contributed by atoms with Crippen molar-refractivity contribution in [1.29, 1.82) is 0 Å². The van der Waals surface area contributed by atoms with E-state index >= 15 is 0 Å². The van der Waals surface area contributed by atoms with Crippen LogP contribution in [0.1, 0.15) is 11.1 Å². The Kier molecular flexibility index (Phi) is 3.64. The van der Waals surface area contributed by atoms with Crippen LogP contribution in [-0.2, 0) is 15.3 Å². The molecule has 0 fully saturated rings. The molecular formula is C10H13O3P. The second kappa shape index (κ2) is 4.56. The van der Waals surface area contributed by atoms with Gasteiger partial charge < -0.3 is 9.42 Å². The third-order valence-corrected chi connectivity index (χ3v) is 3.19. The molecule has 0 aromatic heterocycles. The van der Waals surface area contributed by atoms with E-state index in [1.807, 2.05) is 18.2 Å². The molecule has 0 bridgehead atoms. The van der Waals surface area contributed by atoms with Gasteiger partial charge in [-0.15, -0.1) is 0 Å². The summed E-state index contributed by atoms with van der Waals surface area (Å²) in [6, 6.07) is 7.30. The van der Waals surface area contributed by atoms with E-state index in [-0.39, 0.29) is 6.16 Å². The van der Waals surface area contributed by atoms with Crippen molar-refractivity contribution in [2.45, 2.75) is 6.16 Å². The van der Waals surface area contributed by atoms with Gasteiger partial charge in [-0.05, 0) is 11.1 Å². The van der Waals surface area contributed by atoms with E-state index < -0.39 is 7.60 Å². The van der Waals surface area contributed by atoms with Gasteiger partial charge in [0.05, 0.1) is 6.16 Å². The molecule has 0 aliphatic rings. The van der Waals surface area contributed by atoms with Crippen LogP contribution >= 0.6 is 7.60 Å². The van der Waals surface area contributed by atoms with Gasteiger partial charge in [0.1, 0.15) is 0 Å². The molecule has 1 unspecified atom stereocenters. The van der Waals surface area contributed by atoms with Gasteiger partial charge in [-0.3, -0.25) is 4.57 Å². The molecular weight excluding hydrogens is 199 g/mol. The third-order valence-electron chi connectivity index (χ3n) is 1.85. The van der Waals surface area contributed by atoms with Gasteiger partial charge in [-0.2, -0.15) is 0 Å². The van der Waals surface area contributed by atoms with Gasteiger partial charge in [0, 0.05) is 7.11 Å². The number of rotatable bonds is 4. The second-order valence-electron chi connectivity index (χ2n) is 2.93. The average Bonchev–Trinajstić information content (AvgIpc) is 2.17. The summed E-state index contributed by atoms with van der Waals surface area (Å²) in [7, 11) is -2.23. The molecule has 0 heterocycles. The molecule has 0 saturated carbocycles. The summed E-state index contributed by atoms with van der Waals surface area (Å²) in [4.78, 5) is 9.25. The Morgan fingerprint density at radius 3 is 2.93 bits per heavy atom. The Labute approximate surface area is 83.6 Å². The maximum atomic E-state index is 11.3. The van der Waals surface area contributed by atoms with E-state index in [2.05, 4.69) is 11.1 Å². The fourth-order valence-corrected chi connectivity index (χ4v) is 1.90. The van der Waals surface area contributed by atoms with E-state index in [1.54, 1.807) is 12.1 Å². The Balaban J connectivity index is 2.87. The lowest BCUT2D eigenvalue weighted by Crippen LogP contribution is -1.90. The van der Waals surface area contributed by atoms with E-state index in [4.69, 9.17) is 0 Å². The molecule has 3 nitrogen and oxygen atoms in total. The molecule has 14 heavy (non-hydrogen) atoms. The van der Waals surface area contributed by atoms with Crippen LogP contribution in [0.3, 0.4) is 0 Å². The van der Waals surface area contributed by atoms with Gasteiger partial charge in [0.15, 0.2) is 0 Å². The first-order chi connectivity index (χ1) is 6.57. The van der Waals surface area contributed by atoms with Crippen molar-refractivity contribution in [1.82, 2.24) is 0 Å². The summed E-state index contributed by atoms with van der Waals surface area (Å²) in [6.45, 7) is 3.63. The summed E-state index contributed by atoms with van der Waals surface area (Å²) < 4.78 is 15.8. The van der Waals surface area contributed by atoms with Crippen LogP contribution in [0, 0.1) is 0 Å². The molecule has 0 aliphatic heterocycles. The lowest BCUT2D eigenvalue weighted by molar-refractivity contribution is 0.314. The molecule has 4 heteroatoms. The molecule has 0 radical (unpaired) electrons. The van der Waals surface area contributed by atoms with E-state index in [0.29, 0.717) is 0 Å². The summed E-state index contributed by atoms with van der Waals surface area (Å²) in [5, 5.41) is 0. The minimum Gasteiger partial charge on any atom is -0.324 e. The standard InChI is InChI=1S/C10H13O3P/c1-3-9-5-4-6-10(7-9)8-14(11,12)13-2/h3-7H,1,8H2,2H3,(H,11,12). The molecule has 1 aromatic carbocycles. The molecule has 0 amide bonds. The quantitative estimate of drug-likeness (QED) is 0.780. The molecule has 0 aliphatic carbocycles. The highest BCUT2D eigenvalue weighted by atomic mass is 31.2. The molecule has 76 valence electrons. The molecule has 0 saturated heterocycles. The smallest absolute Gasteiger partial charge is 0.324 e. The van der Waals surface area contributed by atoms with Crippen molar-refractivity contribution in [2.24, 2.45) is 0 Å². The summed E-state index contributed by atoms with van der Waals surface area (Å²) in [5.74, 6) is 0. The Hall–Kier alpha value is -0.890. The van der Waals surface area contributed by atoms with Crippen LogP contribution in [0.4, 0.5) is 0 Å². The predicted molar refractivity (Wildman–Crippen MR) is 57.1 cm³/mol. The first-order valence-electron chi connectivity index (χ1n) is 4.16. The lowest BCUT2D eigenvalue weighted by Gasteiger charge is -2.08. The van der Waals surface area contributed by atoms with Crippen molar-refractivity contribution in [3.05, 3.63) is 42.0 Å². The zero-order valence-electron chi connectivity index (χ0n) is 8.01. The largest absolute Gasteiger partial charge is 0.332 e. The topological polar surface area (TPSA) is 46.5 Å².